The number of hydrogen-bond acceptors (Lipinski definition) is 6. The monoisotopic (exact) mass is 435 g/mol. The Bertz CT molecular complexity index is 1210. The minimum Gasteiger partial charge on any atom is -0.494 e. The van der Waals surface area contributed by atoms with Gasteiger partial charge in [-0.1, -0.05) is 18.2 Å². The zero-order valence-corrected chi connectivity index (χ0v) is 17.5. The molecule has 1 heterocycles. The van der Waals surface area contributed by atoms with Crippen LogP contribution in [0.25, 0.3) is 22.0 Å². The second kappa shape index (κ2) is 8.04. The van der Waals surface area contributed by atoms with Gasteiger partial charge in [0.25, 0.3) is 5.91 Å². The highest BCUT2D eigenvalue weighted by molar-refractivity contribution is 7.92. The zero-order chi connectivity index (χ0) is 22.1. The number of hydrogen-bond donors (Lipinski definition) is 2. The standard InChI is InChI=1S/C20H22FN3O5S/c1-20(19(25)23-26,30(3,27)28)9-10-24-16-8-7-13(11-14(16)12-22-24)15-5-4-6-17(29-2)18(15)21/h4-8,11-12,26H,9-10H2,1-3H3,(H,23,25)/t20-/m0/s1. The number of nitrogens with zero attached hydrogens (tertiary/aromatic N) is 2. The number of carbonyl (C=O) groups excluding carboxylic acids is 1. The smallest absolute Gasteiger partial charge is 0.264 e. The van der Waals surface area contributed by atoms with Crippen molar-refractivity contribution in [2.45, 2.75) is 24.6 Å². The van der Waals surface area contributed by atoms with Crippen LogP contribution in [0.2, 0.25) is 0 Å². The van der Waals surface area contributed by atoms with Gasteiger partial charge in [0.05, 0.1) is 18.8 Å². The summed E-state index contributed by atoms with van der Waals surface area (Å²) in [6.07, 6.45) is 2.43. The van der Waals surface area contributed by atoms with E-state index in [1.165, 1.54) is 25.6 Å². The lowest BCUT2D eigenvalue weighted by atomic mass is 10.0. The largest absolute Gasteiger partial charge is 0.494 e. The third-order valence-electron chi connectivity index (χ3n) is 5.34. The number of methoxy groups -OCH3 is 1. The van der Waals surface area contributed by atoms with Crippen LogP contribution in [0.4, 0.5) is 4.39 Å². The molecular weight excluding hydrogens is 413 g/mol. The minimum absolute atomic E-state index is 0.0960. The molecule has 0 saturated heterocycles. The van der Waals surface area contributed by atoms with Crippen LogP contribution >= 0.6 is 0 Å². The summed E-state index contributed by atoms with van der Waals surface area (Å²) in [6.45, 7) is 1.37. The molecule has 10 heteroatoms. The summed E-state index contributed by atoms with van der Waals surface area (Å²) in [5.74, 6) is -1.33. The Balaban J connectivity index is 1.93. The van der Waals surface area contributed by atoms with Gasteiger partial charge >= 0.3 is 0 Å². The molecule has 1 aromatic heterocycles. The third-order valence-corrected chi connectivity index (χ3v) is 7.36. The molecule has 1 amide bonds. The number of hydroxylamine groups is 1. The van der Waals surface area contributed by atoms with E-state index in [4.69, 9.17) is 9.94 Å². The third kappa shape index (κ3) is 3.75. The van der Waals surface area contributed by atoms with Crippen molar-refractivity contribution in [3.63, 3.8) is 0 Å². The fourth-order valence-electron chi connectivity index (χ4n) is 3.23. The number of ether oxygens (including phenoxy) is 1. The highest BCUT2D eigenvalue weighted by Crippen LogP contribution is 2.31. The maximum absolute atomic E-state index is 14.6. The quantitative estimate of drug-likeness (QED) is 0.436. The molecule has 2 N–H and O–H groups in total. The van der Waals surface area contributed by atoms with Gasteiger partial charge < -0.3 is 4.74 Å². The number of fused-ring (bicyclic) bond motifs is 1. The molecule has 3 aromatic rings. The second-order valence-corrected chi connectivity index (χ2v) is 9.60. The van der Waals surface area contributed by atoms with Crippen LogP contribution in [-0.4, -0.2) is 47.4 Å². The number of benzene rings is 2. The van der Waals surface area contributed by atoms with Gasteiger partial charge in [0.2, 0.25) is 0 Å². The minimum atomic E-state index is -3.80. The van der Waals surface area contributed by atoms with Gasteiger partial charge in [-0.2, -0.15) is 5.10 Å². The summed E-state index contributed by atoms with van der Waals surface area (Å²) in [5, 5.41) is 13.9. The van der Waals surface area contributed by atoms with Crippen molar-refractivity contribution < 1.29 is 27.5 Å². The molecule has 0 bridgehead atoms. The van der Waals surface area contributed by atoms with Gasteiger partial charge in [0, 0.05) is 23.8 Å². The lowest BCUT2D eigenvalue weighted by Crippen LogP contribution is -2.49. The second-order valence-electron chi connectivity index (χ2n) is 7.16. The molecule has 2 aromatic carbocycles. The van der Waals surface area contributed by atoms with Gasteiger partial charge in [-0.3, -0.25) is 14.7 Å². The van der Waals surface area contributed by atoms with Gasteiger partial charge in [0.15, 0.2) is 26.2 Å². The Morgan fingerprint density at radius 2 is 2.07 bits per heavy atom. The summed E-state index contributed by atoms with van der Waals surface area (Å²) >= 11 is 0. The van der Waals surface area contributed by atoms with Crippen molar-refractivity contribution in [2.75, 3.05) is 13.4 Å². The zero-order valence-electron chi connectivity index (χ0n) is 16.7. The number of sulfone groups is 1. The Morgan fingerprint density at radius 3 is 2.70 bits per heavy atom. The predicted molar refractivity (Wildman–Crippen MR) is 109 cm³/mol. The van der Waals surface area contributed by atoms with Crippen LogP contribution in [0.1, 0.15) is 13.3 Å². The van der Waals surface area contributed by atoms with E-state index in [-0.39, 0.29) is 18.7 Å². The van der Waals surface area contributed by atoms with Crippen molar-refractivity contribution in [3.05, 3.63) is 48.4 Å². The summed E-state index contributed by atoms with van der Waals surface area (Å²) in [4.78, 5) is 12.0. The molecule has 1 atom stereocenters. The molecule has 0 saturated carbocycles. The Morgan fingerprint density at radius 1 is 1.33 bits per heavy atom. The van der Waals surface area contributed by atoms with E-state index in [1.54, 1.807) is 41.2 Å². The SMILES string of the molecule is COc1cccc(-c2ccc3c(cnn3CC[C@@](C)(C(=O)NO)S(C)(=O)=O)c2)c1F. The summed E-state index contributed by atoms with van der Waals surface area (Å²) in [5.41, 5.74) is 3.14. The van der Waals surface area contributed by atoms with Crippen molar-refractivity contribution in [1.82, 2.24) is 15.3 Å². The number of aromatic nitrogens is 2. The van der Waals surface area contributed by atoms with E-state index in [0.29, 0.717) is 16.6 Å². The molecule has 0 fully saturated rings. The first-order chi connectivity index (χ1) is 14.1. The Labute approximate surface area is 173 Å². The van der Waals surface area contributed by atoms with E-state index in [1.807, 2.05) is 0 Å². The van der Waals surface area contributed by atoms with Gasteiger partial charge in [-0.05, 0) is 37.1 Å². The molecule has 30 heavy (non-hydrogen) atoms. The van der Waals surface area contributed by atoms with Crippen LogP contribution in [-0.2, 0) is 21.2 Å². The lowest BCUT2D eigenvalue weighted by molar-refractivity contribution is -0.131. The average molecular weight is 435 g/mol. The maximum Gasteiger partial charge on any atom is 0.264 e. The first kappa shape index (κ1) is 21.7. The van der Waals surface area contributed by atoms with Crippen LogP contribution in [0, 0.1) is 5.82 Å². The highest BCUT2D eigenvalue weighted by Gasteiger charge is 2.43. The van der Waals surface area contributed by atoms with E-state index in [9.17, 15) is 17.6 Å². The Kier molecular flexibility index (Phi) is 5.82. The van der Waals surface area contributed by atoms with E-state index >= 15 is 0 Å². The number of halogens is 1. The molecule has 3 rings (SSSR count). The van der Waals surface area contributed by atoms with Crippen LogP contribution in [0.5, 0.6) is 5.75 Å². The number of carbonyl (C=O) groups is 1. The average Bonchev–Trinajstić information content (AvgIpc) is 3.12. The molecule has 0 unspecified atom stereocenters. The highest BCUT2D eigenvalue weighted by atomic mass is 32.2. The fourth-order valence-corrected chi connectivity index (χ4v) is 4.07. The number of aryl methyl sites for hydroxylation is 1. The topological polar surface area (TPSA) is 111 Å². The fraction of sp³-hybridized carbons (Fsp3) is 0.300. The van der Waals surface area contributed by atoms with Crippen LogP contribution < -0.4 is 10.2 Å². The van der Waals surface area contributed by atoms with Crippen molar-refractivity contribution in [2.24, 2.45) is 0 Å². The number of amides is 1. The molecule has 0 radical (unpaired) electrons. The molecule has 0 aliphatic rings. The lowest BCUT2D eigenvalue weighted by Gasteiger charge is -2.25. The van der Waals surface area contributed by atoms with Crippen LogP contribution in [0.15, 0.2) is 42.6 Å². The Hall–Kier alpha value is -2.98. The summed E-state index contributed by atoms with van der Waals surface area (Å²) in [6, 6.07) is 10.1. The van der Waals surface area contributed by atoms with Gasteiger partial charge in [-0.25, -0.2) is 18.3 Å². The van der Waals surface area contributed by atoms with E-state index in [0.717, 1.165) is 11.6 Å². The van der Waals surface area contributed by atoms with E-state index in [2.05, 4.69) is 5.10 Å². The molecule has 0 aliphatic carbocycles. The van der Waals surface area contributed by atoms with Gasteiger partial charge in [0.1, 0.15) is 0 Å². The molecule has 160 valence electrons. The van der Waals surface area contributed by atoms with Crippen LogP contribution in [0.3, 0.4) is 0 Å². The van der Waals surface area contributed by atoms with Crippen molar-refractivity contribution in [1.29, 1.82) is 0 Å². The normalized spacial score (nSPS) is 13.8. The molecule has 0 spiro atoms. The van der Waals surface area contributed by atoms with Crippen molar-refractivity contribution in [3.8, 4) is 16.9 Å². The van der Waals surface area contributed by atoms with Crippen molar-refractivity contribution >= 4 is 26.6 Å². The number of rotatable bonds is 7. The summed E-state index contributed by atoms with van der Waals surface area (Å²) in [7, 11) is -2.40. The maximum atomic E-state index is 14.6. The first-order valence-electron chi connectivity index (χ1n) is 9.05. The van der Waals surface area contributed by atoms with Gasteiger partial charge in [-0.15, -0.1) is 0 Å². The van der Waals surface area contributed by atoms with E-state index < -0.39 is 26.3 Å². The molecule has 0 aliphatic heterocycles. The number of nitrogens with one attached hydrogen (secondary N) is 1. The summed E-state index contributed by atoms with van der Waals surface area (Å²) < 4.78 is 43.6. The molecular formula is C20H22FN3O5S. The predicted octanol–water partition coefficient (Wildman–Crippen LogP) is 2.55. The molecule has 8 nitrogen and oxygen atoms in total. The first-order valence-corrected chi connectivity index (χ1v) is 10.9.